The summed E-state index contributed by atoms with van der Waals surface area (Å²) in [5.74, 6) is 0.711. The van der Waals surface area contributed by atoms with E-state index >= 15 is 0 Å². The van der Waals surface area contributed by atoms with Crippen LogP contribution in [0.5, 0.6) is 0 Å². The zero-order chi connectivity index (χ0) is 16.4. The average Bonchev–Trinajstić information content (AvgIpc) is 3.14. The van der Waals surface area contributed by atoms with Gasteiger partial charge in [0.05, 0.1) is 6.21 Å². The van der Waals surface area contributed by atoms with Gasteiger partial charge in [0.25, 0.3) is 0 Å². The molecule has 0 atom stereocenters. The van der Waals surface area contributed by atoms with Crippen LogP contribution in [0.1, 0.15) is 31.2 Å². The van der Waals surface area contributed by atoms with Crippen LogP contribution in [0.2, 0.25) is 0 Å². The molecule has 0 radical (unpaired) electrons. The van der Waals surface area contributed by atoms with E-state index in [4.69, 9.17) is 12.2 Å². The van der Waals surface area contributed by atoms with Crippen molar-refractivity contribution in [3.63, 3.8) is 0 Å². The molecule has 2 heterocycles. The quantitative estimate of drug-likeness (QED) is 0.546. The predicted octanol–water partition coefficient (Wildman–Crippen LogP) is 4.85. The molecule has 0 fully saturated rings. The summed E-state index contributed by atoms with van der Waals surface area (Å²) in [5.41, 5.74) is 2.39. The first kappa shape index (κ1) is 15.8. The van der Waals surface area contributed by atoms with E-state index in [0.717, 1.165) is 10.4 Å². The lowest BCUT2D eigenvalue weighted by Gasteiger charge is -2.18. The summed E-state index contributed by atoms with van der Waals surface area (Å²) in [4.78, 5) is 1.07. The van der Waals surface area contributed by atoms with E-state index in [9.17, 15) is 0 Å². The fourth-order valence-electron chi connectivity index (χ4n) is 2.18. The largest absolute Gasteiger partial charge is 0.250 e. The standard InChI is InChI=1S/C17H18N4S2/c1-17(2,3)13-8-6-12(7-9-13)15-19-20-16(22)21(15)18-11-14-5-4-10-23-14/h4-11H,1-3H3,(H,20,22). The molecule has 0 bridgehead atoms. The van der Waals surface area contributed by atoms with Gasteiger partial charge in [-0.05, 0) is 34.6 Å². The van der Waals surface area contributed by atoms with Gasteiger partial charge < -0.3 is 0 Å². The molecule has 3 rings (SSSR count). The molecular formula is C17H18N4S2. The fraction of sp³-hybridized carbons (Fsp3) is 0.235. The van der Waals surface area contributed by atoms with Gasteiger partial charge in [-0.2, -0.15) is 14.9 Å². The number of hydrogen-bond donors (Lipinski definition) is 1. The summed E-state index contributed by atoms with van der Waals surface area (Å²) in [5, 5.41) is 13.6. The molecule has 23 heavy (non-hydrogen) atoms. The van der Waals surface area contributed by atoms with Crippen molar-refractivity contribution in [1.29, 1.82) is 0 Å². The zero-order valence-corrected chi connectivity index (χ0v) is 14.9. The third-order valence-electron chi connectivity index (χ3n) is 3.50. The molecule has 2 aromatic heterocycles. The van der Waals surface area contributed by atoms with E-state index in [0.29, 0.717) is 10.6 Å². The number of thiophene rings is 1. The molecule has 0 spiro atoms. The van der Waals surface area contributed by atoms with Gasteiger partial charge in [0.2, 0.25) is 4.77 Å². The van der Waals surface area contributed by atoms with Crippen molar-refractivity contribution in [2.75, 3.05) is 0 Å². The van der Waals surface area contributed by atoms with Crippen molar-refractivity contribution >= 4 is 29.8 Å². The Morgan fingerprint density at radius 1 is 1.22 bits per heavy atom. The predicted molar refractivity (Wildman–Crippen MR) is 98.9 cm³/mol. The van der Waals surface area contributed by atoms with Gasteiger partial charge in [0.15, 0.2) is 5.82 Å². The molecule has 1 N–H and O–H groups in total. The Bertz CT molecular complexity index is 863. The van der Waals surface area contributed by atoms with Gasteiger partial charge in [-0.25, -0.2) is 5.10 Å². The Morgan fingerprint density at radius 2 is 1.96 bits per heavy atom. The molecule has 118 valence electrons. The van der Waals surface area contributed by atoms with Crippen LogP contribution in [-0.4, -0.2) is 21.1 Å². The lowest BCUT2D eigenvalue weighted by molar-refractivity contribution is 0.590. The van der Waals surface area contributed by atoms with Gasteiger partial charge >= 0.3 is 0 Å². The molecule has 0 aliphatic carbocycles. The summed E-state index contributed by atoms with van der Waals surface area (Å²) in [6.45, 7) is 6.59. The minimum Gasteiger partial charge on any atom is -0.250 e. The Labute approximate surface area is 144 Å². The molecule has 0 amide bonds. The van der Waals surface area contributed by atoms with Crippen molar-refractivity contribution < 1.29 is 0 Å². The molecule has 0 aliphatic rings. The lowest BCUT2D eigenvalue weighted by atomic mass is 9.87. The van der Waals surface area contributed by atoms with E-state index in [1.165, 1.54) is 5.56 Å². The number of nitrogens with zero attached hydrogens (tertiary/aromatic N) is 3. The SMILES string of the molecule is CC(C)(C)c1ccc(-c2n[nH]c(=S)n2N=Cc2cccs2)cc1. The summed E-state index contributed by atoms with van der Waals surface area (Å²) in [6.07, 6.45) is 1.79. The Kier molecular flexibility index (Phi) is 4.28. The van der Waals surface area contributed by atoms with Crippen LogP contribution in [0.25, 0.3) is 11.4 Å². The summed E-state index contributed by atoms with van der Waals surface area (Å²) >= 11 is 6.92. The maximum atomic E-state index is 5.29. The van der Waals surface area contributed by atoms with Crippen molar-refractivity contribution in [1.82, 2.24) is 14.9 Å². The highest BCUT2D eigenvalue weighted by molar-refractivity contribution is 7.71. The number of aromatic nitrogens is 3. The van der Waals surface area contributed by atoms with Gasteiger partial charge in [0.1, 0.15) is 0 Å². The van der Waals surface area contributed by atoms with Gasteiger partial charge in [-0.15, -0.1) is 11.3 Å². The first-order valence-electron chi connectivity index (χ1n) is 7.31. The average molecular weight is 342 g/mol. The molecule has 0 unspecified atom stereocenters. The highest BCUT2D eigenvalue weighted by Crippen LogP contribution is 2.25. The van der Waals surface area contributed by atoms with Crippen molar-refractivity contribution in [3.05, 3.63) is 57.0 Å². The maximum Gasteiger partial charge on any atom is 0.216 e. The highest BCUT2D eigenvalue weighted by atomic mass is 32.1. The lowest BCUT2D eigenvalue weighted by Crippen LogP contribution is -2.10. The van der Waals surface area contributed by atoms with E-state index in [2.05, 4.69) is 60.3 Å². The molecule has 6 heteroatoms. The van der Waals surface area contributed by atoms with Gasteiger partial charge in [-0.3, -0.25) is 0 Å². The van der Waals surface area contributed by atoms with Crippen LogP contribution in [-0.2, 0) is 5.41 Å². The van der Waals surface area contributed by atoms with Crippen molar-refractivity contribution in [3.8, 4) is 11.4 Å². The third-order valence-corrected chi connectivity index (χ3v) is 4.57. The highest BCUT2D eigenvalue weighted by Gasteiger charge is 2.14. The molecule has 0 saturated heterocycles. The van der Waals surface area contributed by atoms with Crippen molar-refractivity contribution in [2.24, 2.45) is 5.10 Å². The smallest absolute Gasteiger partial charge is 0.216 e. The van der Waals surface area contributed by atoms with Crippen LogP contribution in [0.15, 0.2) is 46.9 Å². The third kappa shape index (κ3) is 3.48. The molecular weight excluding hydrogens is 324 g/mol. The second kappa shape index (κ2) is 6.22. The Morgan fingerprint density at radius 3 is 2.57 bits per heavy atom. The number of H-pyrrole nitrogens is 1. The molecule has 1 aromatic carbocycles. The fourth-order valence-corrected chi connectivity index (χ4v) is 2.94. The number of hydrogen-bond acceptors (Lipinski definition) is 4. The number of rotatable bonds is 3. The van der Waals surface area contributed by atoms with E-state index < -0.39 is 0 Å². The van der Waals surface area contributed by atoms with Gasteiger partial charge in [-0.1, -0.05) is 51.1 Å². The second-order valence-corrected chi connectivity index (χ2v) is 7.62. The van der Waals surface area contributed by atoms with E-state index in [1.54, 1.807) is 22.2 Å². The molecule has 0 saturated carbocycles. The van der Waals surface area contributed by atoms with E-state index in [-0.39, 0.29) is 5.41 Å². The molecule has 3 aromatic rings. The topological polar surface area (TPSA) is 46.0 Å². The Balaban J connectivity index is 1.96. The number of aromatic amines is 1. The van der Waals surface area contributed by atoms with Crippen LogP contribution in [0.4, 0.5) is 0 Å². The minimum atomic E-state index is 0.126. The zero-order valence-electron chi connectivity index (χ0n) is 13.3. The number of nitrogens with one attached hydrogen (secondary N) is 1. The number of benzene rings is 1. The van der Waals surface area contributed by atoms with Gasteiger partial charge in [0, 0.05) is 10.4 Å². The van der Waals surface area contributed by atoms with Crippen LogP contribution in [0, 0.1) is 4.77 Å². The van der Waals surface area contributed by atoms with E-state index in [1.807, 2.05) is 17.5 Å². The molecule has 0 aliphatic heterocycles. The summed E-state index contributed by atoms with van der Waals surface area (Å²) in [7, 11) is 0. The maximum absolute atomic E-state index is 5.29. The van der Waals surface area contributed by atoms with Crippen molar-refractivity contribution in [2.45, 2.75) is 26.2 Å². The second-order valence-electron chi connectivity index (χ2n) is 6.25. The first-order chi connectivity index (χ1) is 10.9. The first-order valence-corrected chi connectivity index (χ1v) is 8.60. The Hall–Kier alpha value is -2.05. The summed E-state index contributed by atoms with van der Waals surface area (Å²) in [6, 6.07) is 12.4. The van der Waals surface area contributed by atoms with Crippen LogP contribution >= 0.6 is 23.6 Å². The monoisotopic (exact) mass is 342 g/mol. The summed E-state index contributed by atoms with van der Waals surface area (Å²) < 4.78 is 2.13. The normalized spacial score (nSPS) is 12.1. The minimum absolute atomic E-state index is 0.126. The van der Waals surface area contributed by atoms with Crippen LogP contribution < -0.4 is 0 Å². The van der Waals surface area contributed by atoms with Crippen LogP contribution in [0.3, 0.4) is 0 Å². The molecule has 4 nitrogen and oxygen atoms in total.